The number of ether oxygens (including phenoxy) is 1. The summed E-state index contributed by atoms with van der Waals surface area (Å²) in [4.78, 5) is 12.5. The Balaban J connectivity index is 1.57. The molecule has 2 aromatic carbocycles. The van der Waals surface area contributed by atoms with E-state index in [0.29, 0.717) is 44.1 Å². The van der Waals surface area contributed by atoms with E-state index in [0.717, 1.165) is 11.8 Å². The number of carbonyl (C=O) groups excluding carboxylic acids is 1. The first-order chi connectivity index (χ1) is 15.6. The molecule has 3 rings (SSSR count). The van der Waals surface area contributed by atoms with Gasteiger partial charge in [-0.05, 0) is 49.2 Å². The second kappa shape index (κ2) is 10.6. The normalized spacial score (nSPS) is 15.2. The number of morpholine rings is 1. The summed E-state index contributed by atoms with van der Waals surface area (Å²) in [6, 6.07) is 13.2. The third-order valence-electron chi connectivity index (χ3n) is 5.30. The molecule has 180 valence electrons. The van der Waals surface area contributed by atoms with E-state index in [-0.39, 0.29) is 23.8 Å². The highest BCUT2D eigenvalue weighted by Gasteiger charge is 2.26. The average Bonchev–Trinajstić information content (AvgIpc) is 2.78. The number of aryl methyl sites for hydroxylation is 1. The van der Waals surface area contributed by atoms with E-state index < -0.39 is 20.0 Å². The molecular weight excluding hydrogens is 466 g/mol. The second-order valence-electron chi connectivity index (χ2n) is 7.81. The summed E-state index contributed by atoms with van der Waals surface area (Å²) in [6.07, 6.45) is 1.59. The molecule has 11 heteroatoms. The number of rotatable bonds is 9. The van der Waals surface area contributed by atoms with Crippen molar-refractivity contribution in [3.63, 3.8) is 0 Å². The van der Waals surface area contributed by atoms with Crippen molar-refractivity contribution in [2.24, 2.45) is 0 Å². The second-order valence-corrected chi connectivity index (χ2v) is 11.7. The predicted octanol–water partition coefficient (Wildman–Crippen LogP) is 2.20. The minimum absolute atomic E-state index is 0.117. The molecule has 1 saturated heterocycles. The van der Waals surface area contributed by atoms with Crippen LogP contribution >= 0.6 is 0 Å². The lowest BCUT2D eigenvalue weighted by atomic mass is 10.2. The van der Waals surface area contributed by atoms with E-state index in [9.17, 15) is 21.6 Å². The van der Waals surface area contributed by atoms with Crippen LogP contribution in [0.5, 0.6) is 0 Å². The lowest BCUT2D eigenvalue weighted by Crippen LogP contribution is -2.40. The molecule has 9 nitrogen and oxygen atoms in total. The molecule has 1 aliphatic rings. The molecule has 0 aromatic heterocycles. The zero-order chi connectivity index (χ0) is 24.1. The van der Waals surface area contributed by atoms with Crippen LogP contribution in [-0.2, 0) is 29.6 Å². The quantitative estimate of drug-likeness (QED) is 0.571. The van der Waals surface area contributed by atoms with Gasteiger partial charge >= 0.3 is 0 Å². The maximum absolute atomic E-state index is 12.7. The molecule has 1 aliphatic heterocycles. The molecule has 0 atom stereocenters. The number of anilines is 2. The molecule has 0 saturated carbocycles. The predicted molar refractivity (Wildman–Crippen MR) is 127 cm³/mol. The third kappa shape index (κ3) is 6.53. The molecule has 0 aliphatic carbocycles. The summed E-state index contributed by atoms with van der Waals surface area (Å²) in [7, 11) is -7.09. The van der Waals surface area contributed by atoms with Gasteiger partial charge in [0.2, 0.25) is 26.0 Å². The van der Waals surface area contributed by atoms with Crippen molar-refractivity contribution in [2.45, 2.75) is 24.7 Å². The van der Waals surface area contributed by atoms with E-state index in [4.69, 9.17) is 4.74 Å². The molecule has 33 heavy (non-hydrogen) atoms. The number of hydrogen-bond donors (Lipinski definition) is 1. The van der Waals surface area contributed by atoms with Crippen molar-refractivity contribution in [3.8, 4) is 0 Å². The number of hydrogen-bond acceptors (Lipinski definition) is 6. The fraction of sp³-hybridized carbons (Fsp3) is 0.409. The van der Waals surface area contributed by atoms with E-state index in [1.807, 2.05) is 19.1 Å². The van der Waals surface area contributed by atoms with Gasteiger partial charge in [-0.1, -0.05) is 18.2 Å². The van der Waals surface area contributed by atoms with Crippen LogP contribution in [0.1, 0.15) is 18.4 Å². The molecule has 1 heterocycles. The number of carbonyl (C=O) groups is 1. The lowest BCUT2D eigenvalue weighted by molar-refractivity contribution is -0.116. The molecule has 0 radical (unpaired) electrons. The van der Waals surface area contributed by atoms with Gasteiger partial charge in [0.15, 0.2) is 0 Å². The van der Waals surface area contributed by atoms with Crippen LogP contribution in [0.2, 0.25) is 0 Å². The van der Waals surface area contributed by atoms with Crippen LogP contribution < -0.4 is 9.62 Å². The van der Waals surface area contributed by atoms with Crippen molar-refractivity contribution in [3.05, 3.63) is 54.1 Å². The lowest BCUT2D eigenvalue weighted by Gasteiger charge is -2.26. The first kappa shape index (κ1) is 25.2. The standard InChI is InChI=1S/C22H29N3O6S2/c1-18-6-3-4-7-21(18)25(32(2,27)28)13-5-8-22(26)23-19-9-11-20(12-10-19)33(29,30)24-14-16-31-17-15-24/h3-4,6-7,9-12H,5,8,13-17H2,1-2H3,(H,23,26). The molecule has 1 fully saturated rings. The Labute approximate surface area is 195 Å². The van der Waals surface area contributed by atoms with E-state index in [2.05, 4.69) is 5.32 Å². The van der Waals surface area contributed by atoms with Gasteiger partial charge in [-0.15, -0.1) is 0 Å². The molecule has 0 unspecified atom stereocenters. The highest BCUT2D eigenvalue weighted by molar-refractivity contribution is 7.92. The maximum atomic E-state index is 12.7. The van der Waals surface area contributed by atoms with Crippen molar-refractivity contribution in [1.29, 1.82) is 0 Å². The summed E-state index contributed by atoms with van der Waals surface area (Å²) in [5, 5.41) is 2.73. The maximum Gasteiger partial charge on any atom is 0.243 e. The van der Waals surface area contributed by atoms with Crippen LogP contribution in [-0.4, -0.2) is 66.2 Å². The number of nitrogens with zero attached hydrogens (tertiary/aromatic N) is 2. The minimum Gasteiger partial charge on any atom is -0.379 e. The van der Waals surface area contributed by atoms with Crippen LogP contribution in [0.25, 0.3) is 0 Å². The number of amides is 1. The zero-order valence-corrected chi connectivity index (χ0v) is 20.4. The van der Waals surface area contributed by atoms with Gasteiger partial charge in [0, 0.05) is 31.7 Å². The van der Waals surface area contributed by atoms with Crippen molar-refractivity contribution < 1.29 is 26.4 Å². The molecule has 0 spiro atoms. The summed E-state index contributed by atoms with van der Waals surface area (Å²) in [5.74, 6) is -0.281. The smallest absolute Gasteiger partial charge is 0.243 e. The molecule has 0 bridgehead atoms. The Morgan fingerprint density at radius 3 is 2.27 bits per heavy atom. The van der Waals surface area contributed by atoms with Gasteiger partial charge < -0.3 is 10.1 Å². The largest absolute Gasteiger partial charge is 0.379 e. The zero-order valence-electron chi connectivity index (χ0n) is 18.7. The minimum atomic E-state index is -3.60. The van der Waals surface area contributed by atoms with Gasteiger partial charge in [0.25, 0.3) is 0 Å². The van der Waals surface area contributed by atoms with Crippen LogP contribution in [0, 0.1) is 6.92 Å². The van der Waals surface area contributed by atoms with Crippen LogP contribution in [0.15, 0.2) is 53.4 Å². The van der Waals surface area contributed by atoms with Crippen molar-refractivity contribution in [2.75, 3.05) is 48.7 Å². The van der Waals surface area contributed by atoms with Gasteiger partial charge in [-0.3, -0.25) is 9.10 Å². The Morgan fingerprint density at radius 1 is 1.03 bits per heavy atom. The molecule has 1 amide bonds. The first-order valence-electron chi connectivity index (χ1n) is 10.6. The third-order valence-corrected chi connectivity index (χ3v) is 8.39. The molecule has 2 aromatic rings. The van der Waals surface area contributed by atoms with Crippen LogP contribution in [0.4, 0.5) is 11.4 Å². The average molecular weight is 496 g/mol. The van der Waals surface area contributed by atoms with E-state index in [1.165, 1.54) is 20.7 Å². The molecular formula is C22H29N3O6S2. The topological polar surface area (TPSA) is 113 Å². The molecule has 1 N–H and O–H groups in total. The first-order valence-corrected chi connectivity index (χ1v) is 13.9. The van der Waals surface area contributed by atoms with E-state index in [1.54, 1.807) is 24.3 Å². The monoisotopic (exact) mass is 495 g/mol. The highest BCUT2D eigenvalue weighted by atomic mass is 32.2. The summed E-state index contributed by atoms with van der Waals surface area (Å²) in [6.45, 7) is 3.38. The highest BCUT2D eigenvalue weighted by Crippen LogP contribution is 2.23. The summed E-state index contributed by atoms with van der Waals surface area (Å²) < 4.78 is 57.7. The van der Waals surface area contributed by atoms with Crippen molar-refractivity contribution in [1.82, 2.24) is 4.31 Å². The Bertz CT molecular complexity index is 1170. The fourth-order valence-electron chi connectivity index (χ4n) is 3.56. The number of sulfonamides is 2. The van der Waals surface area contributed by atoms with Crippen molar-refractivity contribution >= 4 is 37.3 Å². The van der Waals surface area contributed by atoms with Gasteiger partial charge in [0.05, 0.1) is 30.1 Å². The van der Waals surface area contributed by atoms with Gasteiger partial charge in [-0.25, -0.2) is 16.8 Å². The number of nitrogens with one attached hydrogen (secondary N) is 1. The Hall–Kier alpha value is -2.47. The number of benzene rings is 2. The summed E-state index contributed by atoms with van der Waals surface area (Å²) >= 11 is 0. The van der Waals surface area contributed by atoms with Gasteiger partial charge in [0.1, 0.15) is 0 Å². The summed E-state index contributed by atoms with van der Waals surface area (Å²) in [5.41, 5.74) is 1.90. The Morgan fingerprint density at radius 2 is 1.67 bits per heavy atom. The number of para-hydroxylation sites is 1. The van der Waals surface area contributed by atoms with Crippen LogP contribution in [0.3, 0.4) is 0 Å². The van der Waals surface area contributed by atoms with Gasteiger partial charge in [-0.2, -0.15) is 4.31 Å². The Kier molecular flexibility index (Phi) is 8.11. The fourth-order valence-corrected chi connectivity index (χ4v) is 5.99. The SMILES string of the molecule is Cc1ccccc1N(CCCC(=O)Nc1ccc(S(=O)(=O)N2CCOCC2)cc1)S(C)(=O)=O. The van der Waals surface area contributed by atoms with E-state index >= 15 is 0 Å².